The van der Waals surface area contributed by atoms with Gasteiger partial charge in [-0.05, 0) is 56.9 Å². The zero-order valence-electron chi connectivity index (χ0n) is 12.8. The molecule has 0 spiro atoms. The van der Waals surface area contributed by atoms with E-state index >= 15 is 0 Å². The number of piperazine rings is 1. The topological polar surface area (TPSA) is 28.2 Å². The lowest BCUT2D eigenvalue weighted by molar-refractivity contribution is 0.261. The van der Waals surface area contributed by atoms with Crippen molar-refractivity contribution in [2.24, 2.45) is 5.92 Å². The van der Waals surface area contributed by atoms with Crippen LogP contribution in [0.4, 0.5) is 5.69 Å². The molecule has 2 heterocycles. The van der Waals surface area contributed by atoms with Crippen LogP contribution >= 0.6 is 0 Å². The van der Waals surface area contributed by atoms with E-state index in [1.807, 2.05) is 12.3 Å². The minimum atomic E-state index is 0.274. The summed E-state index contributed by atoms with van der Waals surface area (Å²) in [6.07, 6.45) is 4.63. The lowest BCUT2D eigenvalue weighted by atomic mass is 9.90. The van der Waals surface area contributed by atoms with Gasteiger partial charge >= 0.3 is 0 Å². The molecule has 2 aliphatic rings. The number of nitrogens with zero attached hydrogens (tertiary/aromatic N) is 2. The summed E-state index contributed by atoms with van der Waals surface area (Å²) in [5.41, 5.74) is 2.68. The highest BCUT2D eigenvalue weighted by Crippen LogP contribution is 2.42. The number of benzene rings is 1. The predicted octanol–water partition coefficient (Wildman–Crippen LogP) is 3.20. The molecule has 110 valence electrons. The first kappa shape index (κ1) is 13.1. The van der Waals surface area contributed by atoms with Gasteiger partial charge in [-0.25, -0.2) is 0 Å². The van der Waals surface area contributed by atoms with Crippen molar-refractivity contribution in [2.45, 2.75) is 38.3 Å². The van der Waals surface area contributed by atoms with Crippen LogP contribution < -0.4 is 10.2 Å². The van der Waals surface area contributed by atoms with E-state index < -0.39 is 0 Å². The molecule has 21 heavy (non-hydrogen) atoms. The van der Waals surface area contributed by atoms with Crippen LogP contribution in [-0.2, 0) is 0 Å². The van der Waals surface area contributed by atoms with E-state index in [2.05, 4.69) is 53.3 Å². The van der Waals surface area contributed by atoms with Gasteiger partial charge in [-0.1, -0.05) is 6.07 Å². The maximum absolute atomic E-state index is 4.42. The second-order valence-corrected chi connectivity index (χ2v) is 6.93. The van der Waals surface area contributed by atoms with Gasteiger partial charge < -0.3 is 10.2 Å². The molecule has 0 bridgehead atoms. The molecule has 1 N–H and O–H groups in total. The first-order valence-electron chi connectivity index (χ1n) is 8.02. The highest BCUT2D eigenvalue weighted by molar-refractivity contribution is 5.82. The molecule has 1 aliphatic carbocycles. The van der Waals surface area contributed by atoms with Gasteiger partial charge in [-0.2, -0.15) is 0 Å². The molecule has 2 unspecified atom stereocenters. The number of rotatable bonds is 2. The number of anilines is 1. The molecular formula is C18H23N3. The van der Waals surface area contributed by atoms with Gasteiger partial charge in [0.1, 0.15) is 0 Å². The van der Waals surface area contributed by atoms with Gasteiger partial charge in [0.25, 0.3) is 0 Å². The Hall–Kier alpha value is -1.61. The summed E-state index contributed by atoms with van der Waals surface area (Å²) in [5.74, 6) is 0.856. The average molecular weight is 281 g/mol. The minimum absolute atomic E-state index is 0.274. The Labute approximate surface area is 126 Å². The monoisotopic (exact) mass is 281 g/mol. The molecule has 2 fully saturated rings. The van der Waals surface area contributed by atoms with Gasteiger partial charge in [-0.15, -0.1) is 0 Å². The summed E-state index contributed by atoms with van der Waals surface area (Å²) in [7, 11) is 0. The van der Waals surface area contributed by atoms with E-state index in [0.29, 0.717) is 6.04 Å². The fourth-order valence-corrected chi connectivity index (χ4v) is 3.64. The summed E-state index contributed by atoms with van der Waals surface area (Å²) in [6.45, 7) is 6.88. The molecule has 1 aromatic carbocycles. The number of pyridine rings is 1. The Bertz CT molecular complexity index is 664. The number of hydrogen-bond acceptors (Lipinski definition) is 3. The van der Waals surface area contributed by atoms with Crippen LogP contribution in [0.2, 0.25) is 0 Å². The van der Waals surface area contributed by atoms with E-state index in [1.54, 1.807) is 0 Å². The van der Waals surface area contributed by atoms with Gasteiger partial charge in [0.2, 0.25) is 0 Å². The number of hydrogen-bond donors (Lipinski definition) is 1. The van der Waals surface area contributed by atoms with Crippen LogP contribution in [0.25, 0.3) is 10.9 Å². The maximum atomic E-state index is 4.42. The van der Waals surface area contributed by atoms with Crippen LogP contribution in [0.1, 0.15) is 26.7 Å². The molecule has 2 atom stereocenters. The minimum Gasteiger partial charge on any atom is -0.366 e. The van der Waals surface area contributed by atoms with Crippen molar-refractivity contribution in [1.29, 1.82) is 0 Å². The summed E-state index contributed by atoms with van der Waals surface area (Å²) >= 11 is 0. The van der Waals surface area contributed by atoms with E-state index in [0.717, 1.165) is 24.5 Å². The van der Waals surface area contributed by atoms with Crippen molar-refractivity contribution in [1.82, 2.24) is 10.3 Å². The fourth-order valence-electron chi connectivity index (χ4n) is 3.64. The molecule has 1 saturated heterocycles. The van der Waals surface area contributed by atoms with Gasteiger partial charge in [0.15, 0.2) is 0 Å². The molecule has 4 rings (SSSR count). The summed E-state index contributed by atoms with van der Waals surface area (Å²) in [5, 5.41) is 5.02. The van der Waals surface area contributed by atoms with Gasteiger partial charge in [-0.3, -0.25) is 4.98 Å². The molecule has 3 nitrogen and oxygen atoms in total. The van der Waals surface area contributed by atoms with Crippen LogP contribution in [0.3, 0.4) is 0 Å². The number of fused-ring (bicyclic) bond motifs is 1. The van der Waals surface area contributed by atoms with Crippen molar-refractivity contribution < 1.29 is 0 Å². The molecule has 2 aromatic rings. The largest absolute Gasteiger partial charge is 0.366 e. The Morgan fingerprint density at radius 1 is 1.29 bits per heavy atom. The zero-order chi connectivity index (χ0) is 14.4. The highest BCUT2D eigenvalue weighted by Gasteiger charge is 2.45. The van der Waals surface area contributed by atoms with Crippen molar-refractivity contribution in [2.75, 3.05) is 18.0 Å². The third-order valence-electron chi connectivity index (χ3n) is 5.23. The fraction of sp³-hybridized carbons (Fsp3) is 0.500. The molecule has 3 heteroatoms. The summed E-state index contributed by atoms with van der Waals surface area (Å²) in [6, 6.07) is 11.4. The van der Waals surface area contributed by atoms with Crippen LogP contribution in [0, 0.1) is 5.92 Å². The van der Waals surface area contributed by atoms with Crippen molar-refractivity contribution in [3.8, 4) is 0 Å². The molecule has 1 saturated carbocycles. The predicted molar refractivity (Wildman–Crippen MR) is 87.7 cm³/mol. The average Bonchev–Trinajstić information content (AvgIpc) is 3.35. The summed E-state index contributed by atoms with van der Waals surface area (Å²) in [4.78, 5) is 6.99. The van der Waals surface area contributed by atoms with Gasteiger partial charge in [0.05, 0.1) is 5.52 Å². The first-order valence-corrected chi connectivity index (χ1v) is 8.02. The zero-order valence-corrected chi connectivity index (χ0v) is 12.8. The Morgan fingerprint density at radius 3 is 2.95 bits per heavy atom. The summed E-state index contributed by atoms with van der Waals surface area (Å²) < 4.78 is 0. The quantitative estimate of drug-likeness (QED) is 0.916. The number of nitrogens with one attached hydrogen (secondary N) is 1. The molecule has 0 radical (unpaired) electrons. The third kappa shape index (κ3) is 2.30. The van der Waals surface area contributed by atoms with Crippen molar-refractivity contribution >= 4 is 16.6 Å². The van der Waals surface area contributed by atoms with Crippen molar-refractivity contribution in [3.63, 3.8) is 0 Å². The Balaban J connectivity index is 1.68. The lowest BCUT2D eigenvalue weighted by Crippen LogP contribution is -2.63. The third-order valence-corrected chi connectivity index (χ3v) is 5.23. The van der Waals surface area contributed by atoms with E-state index in [9.17, 15) is 0 Å². The van der Waals surface area contributed by atoms with E-state index in [-0.39, 0.29) is 5.54 Å². The smallest absolute Gasteiger partial charge is 0.0703 e. The standard InChI is InChI=1S/C18H23N3/c1-13-11-20-18(2,15-5-6-15)12-21(13)16-7-8-17-14(10-16)4-3-9-19-17/h3-4,7-10,13,15,20H,5-6,11-12H2,1-2H3. The number of aromatic nitrogens is 1. The highest BCUT2D eigenvalue weighted by atomic mass is 15.3. The second kappa shape index (κ2) is 4.70. The van der Waals surface area contributed by atoms with Gasteiger partial charge in [0, 0.05) is 41.9 Å². The Kier molecular flexibility index (Phi) is 2.93. The first-order chi connectivity index (χ1) is 10.2. The van der Waals surface area contributed by atoms with Crippen LogP contribution in [-0.4, -0.2) is 29.7 Å². The molecular weight excluding hydrogens is 258 g/mol. The maximum Gasteiger partial charge on any atom is 0.0703 e. The second-order valence-electron chi connectivity index (χ2n) is 6.93. The molecule has 1 aromatic heterocycles. The lowest BCUT2D eigenvalue weighted by Gasteiger charge is -2.47. The molecule has 1 aliphatic heterocycles. The van der Waals surface area contributed by atoms with Crippen LogP contribution in [0.15, 0.2) is 36.5 Å². The molecule has 0 amide bonds. The van der Waals surface area contributed by atoms with E-state index in [4.69, 9.17) is 0 Å². The normalized spacial score (nSPS) is 29.8. The van der Waals surface area contributed by atoms with E-state index in [1.165, 1.54) is 23.9 Å². The SMILES string of the molecule is CC1CNC(C)(C2CC2)CN1c1ccc2ncccc2c1. The van der Waals surface area contributed by atoms with Crippen molar-refractivity contribution in [3.05, 3.63) is 36.5 Å². The van der Waals surface area contributed by atoms with Crippen LogP contribution in [0.5, 0.6) is 0 Å². The Morgan fingerprint density at radius 2 is 2.14 bits per heavy atom.